The summed E-state index contributed by atoms with van der Waals surface area (Å²) in [5.41, 5.74) is 1.68. The fraction of sp³-hybridized carbons (Fsp3) is 0.143. The number of aryl methyl sites for hydroxylation is 1. The van der Waals surface area contributed by atoms with E-state index in [1.807, 2.05) is 41.8 Å². The second kappa shape index (κ2) is 4.35. The van der Waals surface area contributed by atoms with Crippen LogP contribution in [0.3, 0.4) is 0 Å². The molecule has 1 aromatic carbocycles. The number of hydrogen-bond donors (Lipinski definition) is 0. The summed E-state index contributed by atoms with van der Waals surface area (Å²) in [6, 6.07) is 11.3. The maximum atomic E-state index is 11.5. The molecule has 0 saturated heterocycles. The molecule has 79 valence electrons. The number of aromatic nitrogens is 1. The van der Waals surface area contributed by atoms with E-state index in [-0.39, 0.29) is 11.0 Å². The summed E-state index contributed by atoms with van der Waals surface area (Å²) < 4.78 is 1.92. The van der Waals surface area contributed by atoms with E-state index in [1.54, 1.807) is 6.20 Å². The molecule has 2 nitrogen and oxygen atoms in total. The maximum absolute atomic E-state index is 11.5. The van der Waals surface area contributed by atoms with Gasteiger partial charge in [-0.05, 0) is 12.5 Å². The average Bonchev–Trinajstić information content (AvgIpc) is 2.33. The van der Waals surface area contributed by atoms with E-state index < -0.39 is 0 Å². The van der Waals surface area contributed by atoms with Gasteiger partial charge in [0.1, 0.15) is 0 Å². The topological polar surface area (TPSA) is 22.0 Å². The molecular formula is C14H12NO. The van der Waals surface area contributed by atoms with E-state index in [1.165, 1.54) is 6.07 Å². The lowest BCUT2D eigenvalue weighted by molar-refractivity contribution is 0.760. The highest BCUT2D eigenvalue weighted by Gasteiger charge is 2.04. The van der Waals surface area contributed by atoms with Gasteiger partial charge < -0.3 is 4.57 Å². The van der Waals surface area contributed by atoms with Gasteiger partial charge in [-0.3, -0.25) is 4.79 Å². The summed E-state index contributed by atoms with van der Waals surface area (Å²) in [6.07, 6.45) is 1.59. The number of nitrogens with zero attached hydrogens (tertiary/aromatic N) is 1. The Morgan fingerprint density at radius 3 is 2.56 bits per heavy atom. The van der Waals surface area contributed by atoms with Crippen molar-refractivity contribution in [2.24, 2.45) is 0 Å². The van der Waals surface area contributed by atoms with Crippen LogP contribution in [0.1, 0.15) is 12.5 Å². The molecule has 0 saturated carbocycles. The van der Waals surface area contributed by atoms with E-state index >= 15 is 0 Å². The number of rotatable bonds is 2. The summed E-state index contributed by atoms with van der Waals surface area (Å²) in [5, 5.41) is 0. The van der Waals surface area contributed by atoms with Crippen molar-refractivity contribution in [1.29, 1.82) is 0 Å². The third-order valence-electron chi connectivity index (χ3n) is 2.54. The van der Waals surface area contributed by atoms with Crippen molar-refractivity contribution in [2.45, 2.75) is 13.5 Å². The summed E-state index contributed by atoms with van der Waals surface area (Å²) in [5.74, 6) is 0. The van der Waals surface area contributed by atoms with E-state index in [2.05, 4.69) is 0 Å². The molecular weight excluding hydrogens is 198 g/mol. The summed E-state index contributed by atoms with van der Waals surface area (Å²) >= 11 is 0. The van der Waals surface area contributed by atoms with Gasteiger partial charge in [0.2, 0.25) is 0 Å². The molecule has 0 spiro atoms. The molecule has 2 heteroatoms. The lowest BCUT2D eigenvalue weighted by Gasteiger charge is -2.12. The lowest BCUT2D eigenvalue weighted by Crippen LogP contribution is -2.11. The van der Waals surface area contributed by atoms with Gasteiger partial charge in [0, 0.05) is 31.3 Å². The standard InChI is InChI=1S/C14H12NO/c1-3-15-10-11(2)14(16)9-13(15)12-7-5-4-6-8-12/h4-10H,3H2,1H3. The Morgan fingerprint density at radius 1 is 1.25 bits per heavy atom. The fourth-order valence-electron chi connectivity index (χ4n) is 1.69. The van der Waals surface area contributed by atoms with Gasteiger partial charge in [0.05, 0.1) is 5.69 Å². The minimum atomic E-state index is -0.233. The Hall–Kier alpha value is -1.83. The summed E-state index contributed by atoms with van der Waals surface area (Å²) in [7, 11) is 0. The molecule has 0 fully saturated rings. The Labute approximate surface area is 95.2 Å². The van der Waals surface area contributed by atoms with Crippen LogP contribution in [-0.2, 0) is 6.54 Å². The van der Waals surface area contributed by atoms with Crippen LogP contribution in [-0.4, -0.2) is 4.57 Å². The molecule has 1 aromatic heterocycles. The molecule has 2 aromatic rings. The van der Waals surface area contributed by atoms with E-state index in [4.69, 9.17) is 6.92 Å². The first-order valence-corrected chi connectivity index (χ1v) is 5.24. The van der Waals surface area contributed by atoms with E-state index in [0.29, 0.717) is 0 Å². The highest BCUT2D eigenvalue weighted by molar-refractivity contribution is 5.59. The van der Waals surface area contributed by atoms with Crippen LogP contribution in [0.5, 0.6) is 0 Å². The van der Waals surface area contributed by atoms with Crippen molar-refractivity contribution >= 4 is 0 Å². The highest BCUT2D eigenvalue weighted by atomic mass is 16.1. The van der Waals surface area contributed by atoms with Crippen LogP contribution >= 0.6 is 0 Å². The fourth-order valence-corrected chi connectivity index (χ4v) is 1.69. The molecule has 0 bridgehead atoms. The van der Waals surface area contributed by atoms with E-state index in [9.17, 15) is 4.79 Å². The van der Waals surface area contributed by atoms with E-state index in [0.717, 1.165) is 17.8 Å². The molecule has 0 amide bonds. The van der Waals surface area contributed by atoms with Gasteiger partial charge >= 0.3 is 0 Å². The smallest absolute Gasteiger partial charge is 0.186 e. The quantitative estimate of drug-likeness (QED) is 0.746. The number of pyridine rings is 1. The van der Waals surface area contributed by atoms with Crippen molar-refractivity contribution in [3.8, 4) is 11.3 Å². The van der Waals surface area contributed by atoms with Gasteiger partial charge in [-0.15, -0.1) is 0 Å². The average molecular weight is 210 g/mol. The van der Waals surface area contributed by atoms with Crippen LogP contribution in [0.15, 0.2) is 47.4 Å². The van der Waals surface area contributed by atoms with Gasteiger partial charge in [-0.25, -0.2) is 0 Å². The minimum absolute atomic E-state index is 0.0431. The molecule has 16 heavy (non-hydrogen) atoms. The zero-order valence-corrected chi connectivity index (χ0v) is 9.10. The second-order valence-corrected chi connectivity index (χ2v) is 3.59. The SMILES string of the molecule is [C]c1cn(CC)c(-c2ccccc2)cc1=O. The third kappa shape index (κ3) is 1.91. The Morgan fingerprint density at radius 2 is 1.94 bits per heavy atom. The first-order valence-electron chi connectivity index (χ1n) is 5.24. The molecule has 0 atom stereocenters. The zero-order chi connectivity index (χ0) is 11.5. The molecule has 0 unspecified atom stereocenters. The van der Waals surface area contributed by atoms with Crippen molar-refractivity contribution in [2.75, 3.05) is 0 Å². The normalized spacial score (nSPS) is 10.4. The van der Waals surface area contributed by atoms with Gasteiger partial charge in [0.15, 0.2) is 5.43 Å². The molecule has 0 aliphatic rings. The highest BCUT2D eigenvalue weighted by Crippen LogP contribution is 2.17. The number of hydrogen-bond acceptors (Lipinski definition) is 1. The predicted molar refractivity (Wildman–Crippen MR) is 64.2 cm³/mol. The Balaban J connectivity index is 2.65. The maximum Gasteiger partial charge on any atom is 0.186 e. The molecule has 2 rings (SSSR count). The first kappa shape index (κ1) is 10.7. The second-order valence-electron chi connectivity index (χ2n) is 3.59. The molecule has 0 aliphatic carbocycles. The first-order chi connectivity index (χ1) is 7.72. The summed E-state index contributed by atoms with van der Waals surface area (Å²) in [4.78, 5) is 11.5. The van der Waals surface area contributed by atoms with Crippen LogP contribution in [0.4, 0.5) is 0 Å². The zero-order valence-electron chi connectivity index (χ0n) is 9.10. The van der Waals surface area contributed by atoms with Crippen LogP contribution < -0.4 is 5.43 Å². The van der Waals surface area contributed by atoms with Crippen molar-refractivity contribution in [3.63, 3.8) is 0 Å². The molecule has 1 heterocycles. The van der Waals surface area contributed by atoms with Crippen molar-refractivity contribution < 1.29 is 0 Å². The molecule has 0 aliphatic heterocycles. The van der Waals surface area contributed by atoms with Crippen LogP contribution in [0.25, 0.3) is 11.3 Å². The van der Waals surface area contributed by atoms with Crippen molar-refractivity contribution in [1.82, 2.24) is 4.57 Å². The molecule has 3 radical (unpaired) electrons. The Kier molecular flexibility index (Phi) is 2.91. The monoisotopic (exact) mass is 210 g/mol. The third-order valence-corrected chi connectivity index (χ3v) is 2.54. The summed E-state index contributed by atoms with van der Waals surface area (Å²) in [6.45, 7) is 10.2. The Bertz CT molecular complexity index is 540. The van der Waals surface area contributed by atoms with Gasteiger partial charge in [-0.2, -0.15) is 0 Å². The van der Waals surface area contributed by atoms with Gasteiger partial charge in [-0.1, -0.05) is 30.3 Å². The predicted octanol–water partition coefficient (Wildman–Crippen LogP) is 2.47. The lowest BCUT2D eigenvalue weighted by atomic mass is 10.1. The molecule has 0 N–H and O–H groups in total. The number of benzene rings is 1. The largest absolute Gasteiger partial charge is 0.347 e. The van der Waals surface area contributed by atoms with Crippen molar-refractivity contribution in [3.05, 3.63) is 65.3 Å². The van der Waals surface area contributed by atoms with Crippen LogP contribution in [0, 0.1) is 6.92 Å². The van der Waals surface area contributed by atoms with Crippen LogP contribution in [0.2, 0.25) is 0 Å². The minimum Gasteiger partial charge on any atom is -0.347 e. The van der Waals surface area contributed by atoms with Gasteiger partial charge in [0.25, 0.3) is 0 Å².